The number of aryl methyl sites for hydroxylation is 1. The third-order valence-corrected chi connectivity index (χ3v) is 5.68. The molecule has 3 heteroatoms. The van der Waals surface area contributed by atoms with Crippen molar-refractivity contribution in [2.45, 2.75) is 49.9 Å². The predicted molar refractivity (Wildman–Crippen MR) is 86.0 cm³/mol. The molecular weight excluding hydrogens is 266 g/mol. The third kappa shape index (κ3) is 3.57. The highest BCUT2D eigenvalue weighted by atomic mass is 32.2. The van der Waals surface area contributed by atoms with Crippen molar-refractivity contribution in [3.63, 3.8) is 0 Å². The van der Waals surface area contributed by atoms with Gasteiger partial charge in [0.25, 0.3) is 0 Å². The minimum atomic E-state index is -0.0182. The van der Waals surface area contributed by atoms with Gasteiger partial charge in [0.2, 0.25) is 0 Å². The van der Waals surface area contributed by atoms with Gasteiger partial charge in [0.05, 0.1) is 12.1 Å². The molecule has 2 N–H and O–H groups in total. The Morgan fingerprint density at radius 2 is 2.10 bits per heavy atom. The van der Waals surface area contributed by atoms with Gasteiger partial charge in [-0.25, -0.2) is 0 Å². The van der Waals surface area contributed by atoms with Gasteiger partial charge in [0, 0.05) is 17.5 Å². The zero-order chi connectivity index (χ0) is 14.0. The van der Waals surface area contributed by atoms with Gasteiger partial charge in [-0.2, -0.15) is 11.8 Å². The molecule has 3 rings (SSSR count). The molecule has 0 heterocycles. The molecule has 0 radical (unpaired) electrons. The second kappa shape index (κ2) is 6.08. The van der Waals surface area contributed by atoms with E-state index in [2.05, 4.69) is 36.5 Å². The molecule has 0 aromatic heterocycles. The van der Waals surface area contributed by atoms with Crippen LogP contribution < -0.4 is 5.32 Å². The summed E-state index contributed by atoms with van der Waals surface area (Å²) in [7, 11) is 0. The third-order valence-electron chi connectivity index (χ3n) is 4.42. The Bertz CT molecular complexity index is 456. The first-order valence-electron chi connectivity index (χ1n) is 7.74. The summed E-state index contributed by atoms with van der Waals surface area (Å²) < 4.78 is 0. The van der Waals surface area contributed by atoms with Crippen LogP contribution in [0.2, 0.25) is 0 Å². The highest BCUT2D eigenvalue weighted by molar-refractivity contribution is 7.98. The molecule has 2 nitrogen and oxygen atoms in total. The standard InChI is InChI=1S/C17H25NOS/c1-13-3-2-4-14(9-13)10-20-12-17(11-19,15-5-6-15)18-16-7-8-16/h2-4,9,15-16,18-19H,5-8,10-12H2,1H3. The fraction of sp³-hybridized carbons (Fsp3) is 0.647. The predicted octanol–water partition coefficient (Wildman–Crippen LogP) is 3.12. The van der Waals surface area contributed by atoms with Gasteiger partial charge < -0.3 is 10.4 Å². The molecule has 0 saturated heterocycles. The van der Waals surface area contributed by atoms with E-state index in [4.69, 9.17) is 0 Å². The van der Waals surface area contributed by atoms with Crippen LogP contribution in [0.1, 0.15) is 36.8 Å². The lowest BCUT2D eigenvalue weighted by Crippen LogP contribution is -2.53. The zero-order valence-corrected chi connectivity index (χ0v) is 13.1. The molecule has 1 atom stereocenters. The quantitative estimate of drug-likeness (QED) is 0.772. The Morgan fingerprint density at radius 3 is 2.70 bits per heavy atom. The normalized spacial score (nSPS) is 21.7. The number of rotatable bonds is 8. The second-order valence-corrected chi connectivity index (χ2v) is 7.47. The second-order valence-electron chi connectivity index (χ2n) is 6.49. The van der Waals surface area contributed by atoms with Gasteiger partial charge in [0.15, 0.2) is 0 Å². The van der Waals surface area contributed by atoms with Crippen LogP contribution in [0.5, 0.6) is 0 Å². The number of hydrogen-bond acceptors (Lipinski definition) is 3. The molecule has 2 aliphatic rings. The van der Waals surface area contributed by atoms with Crippen LogP contribution in [0.15, 0.2) is 24.3 Å². The summed E-state index contributed by atoms with van der Waals surface area (Å²) in [5, 5.41) is 13.7. The monoisotopic (exact) mass is 291 g/mol. The summed E-state index contributed by atoms with van der Waals surface area (Å²) in [5.41, 5.74) is 2.70. The van der Waals surface area contributed by atoms with Crippen molar-refractivity contribution in [3.8, 4) is 0 Å². The van der Waals surface area contributed by atoms with Gasteiger partial charge in [-0.15, -0.1) is 0 Å². The zero-order valence-electron chi connectivity index (χ0n) is 12.3. The minimum absolute atomic E-state index is 0.0182. The number of benzene rings is 1. The molecule has 0 spiro atoms. The van der Waals surface area contributed by atoms with Crippen LogP contribution in [-0.4, -0.2) is 29.0 Å². The molecule has 0 bridgehead atoms. The lowest BCUT2D eigenvalue weighted by Gasteiger charge is -2.33. The lowest BCUT2D eigenvalue weighted by molar-refractivity contribution is 0.157. The molecule has 2 aliphatic carbocycles. The van der Waals surface area contributed by atoms with Crippen LogP contribution in [-0.2, 0) is 5.75 Å². The molecule has 0 aliphatic heterocycles. The topological polar surface area (TPSA) is 32.3 Å². The SMILES string of the molecule is Cc1cccc(CSCC(CO)(NC2CC2)C2CC2)c1. The summed E-state index contributed by atoms with van der Waals surface area (Å²) in [6, 6.07) is 9.41. The fourth-order valence-electron chi connectivity index (χ4n) is 2.92. The fourth-order valence-corrected chi connectivity index (χ4v) is 4.21. The van der Waals surface area contributed by atoms with E-state index in [1.54, 1.807) is 0 Å². The van der Waals surface area contributed by atoms with Gasteiger partial charge in [-0.3, -0.25) is 0 Å². The largest absolute Gasteiger partial charge is 0.394 e. The summed E-state index contributed by atoms with van der Waals surface area (Å²) in [6.45, 7) is 2.43. The molecular formula is C17H25NOS. The van der Waals surface area contributed by atoms with E-state index >= 15 is 0 Å². The van der Waals surface area contributed by atoms with Crippen LogP contribution in [0.3, 0.4) is 0 Å². The van der Waals surface area contributed by atoms with Crippen LogP contribution in [0, 0.1) is 12.8 Å². The van der Waals surface area contributed by atoms with Gasteiger partial charge in [-0.05, 0) is 44.1 Å². The van der Waals surface area contributed by atoms with Crippen molar-refractivity contribution >= 4 is 11.8 Å². The van der Waals surface area contributed by atoms with Crippen molar-refractivity contribution in [3.05, 3.63) is 35.4 Å². The summed E-state index contributed by atoms with van der Waals surface area (Å²) >= 11 is 1.96. The van der Waals surface area contributed by atoms with E-state index in [1.807, 2.05) is 11.8 Å². The number of thioether (sulfide) groups is 1. The molecule has 110 valence electrons. The van der Waals surface area contributed by atoms with Gasteiger partial charge in [-0.1, -0.05) is 29.8 Å². The van der Waals surface area contributed by atoms with E-state index in [0.29, 0.717) is 12.0 Å². The highest BCUT2D eigenvalue weighted by Crippen LogP contribution is 2.43. The number of nitrogens with one attached hydrogen (secondary N) is 1. The maximum absolute atomic E-state index is 9.93. The molecule has 2 fully saturated rings. The Kier molecular flexibility index (Phi) is 4.39. The summed E-state index contributed by atoms with van der Waals surface area (Å²) in [4.78, 5) is 0. The Morgan fingerprint density at radius 1 is 1.30 bits per heavy atom. The summed E-state index contributed by atoms with van der Waals surface area (Å²) in [6.07, 6.45) is 5.14. The Hall–Kier alpha value is -0.510. The van der Waals surface area contributed by atoms with Crippen molar-refractivity contribution in [1.29, 1.82) is 0 Å². The molecule has 1 aromatic carbocycles. The Labute approximate surface area is 126 Å². The minimum Gasteiger partial charge on any atom is -0.394 e. The van der Waals surface area contributed by atoms with Crippen molar-refractivity contribution in [1.82, 2.24) is 5.32 Å². The van der Waals surface area contributed by atoms with Crippen molar-refractivity contribution < 1.29 is 5.11 Å². The maximum Gasteiger partial charge on any atom is 0.0624 e. The number of hydrogen-bond donors (Lipinski definition) is 2. The maximum atomic E-state index is 9.93. The first-order chi connectivity index (χ1) is 9.72. The van der Waals surface area contributed by atoms with E-state index in [1.165, 1.54) is 36.8 Å². The van der Waals surface area contributed by atoms with E-state index in [-0.39, 0.29) is 12.1 Å². The van der Waals surface area contributed by atoms with Gasteiger partial charge >= 0.3 is 0 Å². The van der Waals surface area contributed by atoms with Gasteiger partial charge in [0.1, 0.15) is 0 Å². The first-order valence-corrected chi connectivity index (χ1v) is 8.89. The van der Waals surface area contributed by atoms with Crippen molar-refractivity contribution in [2.24, 2.45) is 5.92 Å². The smallest absolute Gasteiger partial charge is 0.0624 e. The van der Waals surface area contributed by atoms with Crippen LogP contribution in [0.4, 0.5) is 0 Å². The Balaban J connectivity index is 1.56. The van der Waals surface area contributed by atoms with Crippen LogP contribution >= 0.6 is 11.8 Å². The molecule has 2 saturated carbocycles. The molecule has 1 unspecified atom stereocenters. The first kappa shape index (κ1) is 14.4. The molecule has 20 heavy (non-hydrogen) atoms. The molecule has 0 amide bonds. The number of aliphatic hydroxyl groups excluding tert-OH is 1. The van der Waals surface area contributed by atoms with E-state index < -0.39 is 0 Å². The highest BCUT2D eigenvalue weighted by Gasteiger charge is 2.47. The van der Waals surface area contributed by atoms with Crippen LogP contribution in [0.25, 0.3) is 0 Å². The van der Waals surface area contributed by atoms with E-state index in [0.717, 1.165) is 11.5 Å². The lowest BCUT2D eigenvalue weighted by atomic mass is 9.96. The molecule has 1 aromatic rings. The average molecular weight is 291 g/mol. The van der Waals surface area contributed by atoms with E-state index in [9.17, 15) is 5.11 Å². The number of aliphatic hydroxyl groups is 1. The summed E-state index contributed by atoms with van der Waals surface area (Å²) in [5.74, 6) is 2.76. The van der Waals surface area contributed by atoms with Crippen molar-refractivity contribution in [2.75, 3.05) is 12.4 Å². The average Bonchev–Trinajstić information content (AvgIpc) is 3.30.